The fourth-order valence-corrected chi connectivity index (χ4v) is 4.10. The zero-order valence-electron chi connectivity index (χ0n) is 17.4. The number of nitrogens with zero attached hydrogens (tertiary/aromatic N) is 1. The molecule has 2 fully saturated rings. The molecule has 0 radical (unpaired) electrons. The van der Waals surface area contributed by atoms with E-state index in [-0.39, 0.29) is 12.3 Å². The summed E-state index contributed by atoms with van der Waals surface area (Å²) in [5, 5.41) is 82.8. The van der Waals surface area contributed by atoms with Gasteiger partial charge in [0.1, 0.15) is 48.8 Å². The molecule has 0 unspecified atom stereocenters. The van der Waals surface area contributed by atoms with Crippen molar-refractivity contribution in [3.63, 3.8) is 0 Å². The first-order chi connectivity index (χ1) is 15.7. The van der Waals surface area contributed by atoms with Crippen LogP contribution in [0, 0.1) is 0 Å². The van der Waals surface area contributed by atoms with Gasteiger partial charge in [-0.3, -0.25) is 0 Å². The van der Waals surface area contributed by atoms with E-state index in [0.29, 0.717) is 10.9 Å². The second-order valence-electron chi connectivity index (χ2n) is 8.23. The minimum absolute atomic E-state index is 0.00896. The van der Waals surface area contributed by atoms with Gasteiger partial charge in [-0.25, -0.2) is 0 Å². The van der Waals surface area contributed by atoms with Crippen molar-refractivity contribution in [3.8, 4) is 5.75 Å². The maximum absolute atomic E-state index is 11.6. The molecule has 4 rings (SSSR count). The van der Waals surface area contributed by atoms with Crippen LogP contribution in [-0.2, 0) is 20.8 Å². The Bertz CT molecular complexity index is 959. The van der Waals surface area contributed by atoms with Gasteiger partial charge in [0.2, 0.25) is 5.52 Å². The van der Waals surface area contributed by atoms with Crippen LogP contribution in [0.3, 0.4) is 0 Å². The molecular formula is C21H27NO11. The normalized spacial score (nSPS) is 39.6. The topological polar surface area (TPSA) is 196 Å². The van der Waals surface area contributed by atoms with Crippen LogP contribution in [0.25, 0.3) is 10.9 Å². The number of ether oxygens (including phenoxy) is 3. The summed E-state index contributed by atoms with van der Waals surface area (Å²) in [5.41, 5.74) is 0.667. The number of rotatable bonds is 5. The van der Waals surface area contributed by atoms with E-state index in [4.69, 9.17) is 14.2 Å². The number of aliphatic hydroxyl groups excluding tert-OH is 7. The summed E-state index contributed by atoms with van der Waals surface area (Å²) in [6.45, 7) is -0.666. The van der Waals surface area contributed by atoms with Gasteiger partial charge in [-0.2, -0.15) is 4.57 Å². The molecule has 0 amide bonds. The van der Waals surface area contributed by atoms with E-state index < -0.39 is 68.0 Å². The lowest BCUT2D eigenvalue weighted by molar-refractivity contribution is -0.683. The zero-order chi connectivity index (χ0) is 23.9. The third-order valence-electron chi connectivity index (χ3n) is 6.01. The van der Waals surface area contributed by atoms with Crippen molar-refractivity contribution in [1.29, 1.82) is 0 Å². The third-order valence-corrected chi connectivity index (χ3v) is 6.01. The van der Waals surface area contributed by atoms with Gasteiger partial charge in [-0.15, -0.1) is 5.75 Å². The SMILES string of the molecule is [O-]c1ccc2c(ccc[n+]2C[C@H]2O[C@H](O[C@H]3O[C@H](CO)[C@@H](O)[C@H](O)[C@H]3O)[C@H](O)[C@@H](O)[C@@H]2O)c1. The third kappa shape index (κ3) is 4.68. The van der Waals surface area contributed by atoms with Crippen LogP contribution in [0.2, 0.25) is 0 Å². The maximum atomic E-state index is 11.6. The molecule has 7 N–H and O–H groups in total. The average Bonchev–Trinajstić information content (AvgIpc) is 2.80. The monoisotopic (exact) mass is 469 g/mol. The van der Waals surface area contributed by atoms with Crippen molar-refractivity contribution in [2.24, 2.45) is 0 Å². The van der Waals surface area contributed by atoms with E-state index in [0.717, 1.165) is 0 Å². The molecule has 0 spiro atoms. The number of aromatic nitrogens is 1. The smallest absolute Gasteiger partial charge is 0.212 e. The molecule has 0 aliphatic carbocycles. The number of fused-ring (bicyclic) bond motifs is 1. The molecule has 33 heavy (non-hydrogen) atoms. The Hall–Kier alpha value is -1.97. The minimum Gasteiger partial charge on any atom is -0.872 e. The van der Waals surface area contributed by atoms with Gasteiger partial charge < -0.3 is 55.1 Å². The number of benzene rings is 1. The lowest BCUT2D eigenvalue weighted by Crippen LogP contribution is -2.64. The molecular weight excluding hydrogens is 442 g/mol. The maximum Gasteiger partial charge on any atom is 0.212 e. The fraction of sp³-hybridized carbons (Fsp3) is 0.571. The van der Waals surface area contributed by atoms with Crippen LogP contribution in [0.5, 0.6) is 5.75 Å². The van der Waals surface area contributed by atoms with Crippen LogP contribution < -0.4 is 9.67 Å². The summed E-state index contributed by atoms with van der Waals surface area (Å²) >= 11 is 0. The number of pyridine rings is 1. The van der Waals surface area contributed by atoms with Gasteiger partial charge in [0, 0.05) is 17.5 Å². The van der Waals surface area contributed by atoms with Crippen LogP contribution in [-0.4, -0.2) is 104 Å². The molecule has 12 nitrogen and oxygen atoms in total. The summed E-state index contributed by atoms with van der Waals surface area (Å²) in [6, 6.07) is 7.90. The summed E-state index contributed by atoms with van der Waals surface area (Å²) < 4.78 is 18.1. The standard InChI is InChI=1S/C21H27NO11/c23-8-13-15(26)17(28)19(30)21(32-13)33-20-18(29)16(27)14(25)12(31-20)7-22-5-1-2-9-6-10(24)3-4-11(9)22/h1-6,12-21,23,25-30H,7-8H2/t12-,13-,14-,15-,16+,17+,18-,19-,20-,21-/m1/s1. The molecule has 2 aromatic rings. The molecule has 12 heteroatoms. The van der Waals surface area contributed by atoms with Crippen LogP contribution >= 0.6 is 0 Å². The predicted octanol–water partition coefficient (Wildman–Crippen LogP) is -4.17. The summed E-state index contributed by atoms with van der Waals surface area (Å²) in [5.74, 6) is -0.166. The minimum atomic E-state index is -1.74. The van der Waals surface area contributed by atoms with E-state index in [1.165, 1.54) is 12.1 Å². The van der Waals surface area contributed by atoms with E-state index in [1.54, 1.807) is 29.0 Å². The lowest BCUT2D eigenvalue weighted by Gasteiger charge is -2.44. The summed E-state index contributed by atoms with van der Waals surface area (Å²) in [7, 11) is 0. The molecule has 182 valence electrons. The quantitative estimate of drug-likeness (QED) is 0.210. The average molecular weight is 469 g/mol. The molecule has 2 aliphatic rings. The summed E-state index contributed by atoms with van der Waals surface area (Å²) in [4.78, 5) is 0. The molecule has 10 atom stereocenters. The second kappa shape index (κ2) is 9.72. The van der Waals surface area contributed by atoms with Gasteiger partial charge in [0.15, 0.2) is 25.3 Å². The Labute approximate surface area is 188 Å². The highest BCUT2D eigenvalue weighted by atomic mass is 16.8. The molecule has 0 bridgehead atoms. The molecule has 0 saturated carbocycles. The van der Waals surface area contributed by atoms with Crippen molar-refractivity contribution >= 4 is 10.9 Å². The first-order valence-corrected chi connectivity index (χ1v) is 10.5. The summed E-state index contributed by atoms with van der Waals surface area (Å²) in [6.07, 6.45) is -13.8. The number of aliphatic hydroxyl groups is 7. The largest absolute Gasteiger partial charge is 0.872 e. The van der Waals surface area contributed by atoms with Gasteiger partial charge in [-0.1, -0.05) is 12.1 Å². The molecule has 1 aromatic carbocycles. The van der Waals surface area contributed by atoms with Crippen molar-refractivity contribution < 1.29 is 59.6 Å². The fourth-order valence-electron chi connectivity index (χ4n) is 4.10. The Balaban J connectivity index is 1.53. The highest BCUT2D eigenvalue weighted by Gasteiger charge is 2.50. The van der Waals surface area contributed by atoms with E-state index in [2.05, 4.69) is 0 Å². The van der Waals surface area contributed by atoms with Crippen molar-refractivity contribution in [2.45, 2.75) is 68.0 Å². The second-order valence-corrected chi connectivity index (χ2v) is 8.23. The Morgan fingerprint density at radius 1 is 0.818 bits per heavy atom. The zero-order valence-corrected chi connectivity index (χ0v) is 17.4. The van der Waals surface area contributed by atoms with Crippen LogP contribution in [0.1, 0.15) is 0 Å². The van der Waals surface area contributed by atoms with E-state index in [1.807, 2.05) is 0 Å². The first kappa shape index (κ1) is 24.2. The Morgan fingerprint density at radius 3 is 2.06 bits per heavy atom. The van der Waals surface area contributed by atoms with Gasteiger partial charge >= 0.3 is 0 Å². The highest BCUT2D eigenvalue weighted by Crippen LogP contribution is 2.28. The first-order valence-electron chi connectivity index (χ1n) is 10.5. The molecule has 3 heterocycles. The number of hydrogen-bond donors (Lipinski definition) is 7. The number of hydrogen-bond acceptors (Lipinski definition) is 11. The molecule has 2 aliphatic heterocycles. The van der Waals surface area contributed by atoms with E-state index >= 15 is 0 Å². The molecule has 1 aromatic heterocycles. The molecule has 2 saturated heterocycles. The predicted molar refractivity (Wildman–Crippen MR) is 105 cm³/mol. The van der Waals surface area contributed by atoms with Crippen molar-refractivity contribution in [1.82, 2.24) is 0 Å². The van der Waals surface area contributed by atoms with Gasteiger partial charge in [-0.05, 0) is 6.07 Å². The van der Waals surface area contributed by atoms with Crippen LogP contribution in [0.15, 0.2) is 36.5 Å². The Kier molecular flexibility index (Phi) is 7.12. The van der Waals surface area contributed by atoms with Crippen molar-refractivity contribution in [2.75, 3.05) is 6.61 Å². The van der Waals surface area contributed by atoms with Gasteiger partial charge in [0.25, 0.3) is 0 Å². The highest BCUT2D eigenvalue weighted by molar-refractivity contribution is 5.76. The Morgan fingerprint density at radius 2 is 1.42 bits per heavy atom. The van der Waals surface area contributed by atoms with Crippen molar-refractivity contribution in [3.05, 3.63) is 36.5 Å². The van der Waals surface area contributed by atoms with E-state index in [9.17, 15) is 40.9 Å². The van der Waals surface area contributed by atoms with Gasteiger partial charge in [0.05, 0.1) is 6.61 Å². The van der Waals surface area contributed by atoms with Crippen LogP contribution in [0.4, 0.5) is 0 Å². The lowest BCUT2D eigenvalue weighted by atomic mass is 9.97.